The fourth-order valence-corrected chi connectivity index (χ4v) is 3.31. The highest BCUT2D eigenvalue weighted by atomic mass is 32.2. The molecule has 4 atom stereocenters. The molecule has 0 saturated heterocycles. The molecule has 16 heteroatoms. The molecule has 5 amide bonds. The highest BCUT2D eigenvalue weighted by Crippen LogP contribution is 2.06. The highest BCUT2D eigenvalue weighted by molar-refractivity contribution is 7.98. The molecular weight excluding hydrogens is 502 g/mol. The molecular formula is C20H31N5O10S. The molecule has 0 radical (unpaired) electrons. The van der Waals surface area contributed by atoms with Crippen molar-refractivity contribution in [2.75, 3.05) is 12.0 Å². The normalized spacial score (nSPS) is 13.7. The monoisotopic (exact) mass is 533 g/mol. The van der Waals surface area contributed by atoms with Crippen LogP contribution in [0.2, 0.25) is 0 Å². The fourth-order valence-electron chi connectivity index (χ4n) is 2.84. The van der Waals surface area contributed by atoms with Crippen LogP contribution in [0.15, 0.2) is 0 Å². The zero-order valence-corrected chi connectivity index (χ0v) is 20.6. The number of carboxylic acids is 2. The summed E-state index contributed by atoms with van der Waals surface area (Å²) in [5, 5.41) is 26.8. The molecule has 0 fully saturated rings. The van der Waals surface area contributed by atoms with Gasteiger partial charge in [-0.25, -0.2) is 0 Å². The second-order valence-electron chi connectivity index (χ2n) is 7.61. The standard InChI is InChI=1S/C20H31N5O10S/c1-10(27)22-14(8-17(31)32)20(35)24-12(3-4-15(21)28)19(34)25-13(5-6-36-2)18(33)23-11(9-26)7-16(29)30/h9,11-14H,3-8H2,1-2H3,(H2,21,28)(H,22,27)(H,23,33)(H,24,35)(H,25,34)(H,29,30)(H,31,32). The maximum atomic E-state index is 12.9. The number of rotatable bonds is 18. The van der Waals surface area contributed by atoms with Crippen LogP contribution in [-0.4, -0.2) is 94.1 Å². The van der Waals surface area contributed by atoms with Crippen molar-refractivity contribution < 1.29 is 48.6 Å². The Balaban J connectivity index is 5.69. The van der Waals surface area contributed by atoms with Crippen molar-refractivity contribution in [3.05, 3.63) is 0 Å². The fraction of sp³-hybridized carbons (Fsp3) is 0.600. The number of thioether (sulfide) groups is 1. The third-order valence-electron chi connectivity index (χ3n) is 4.52. The topological polar surface area (TPSA) is 251 Å². The summed E-state index contributed by atoms with van der Waals surface area (Å²) in [4.78, 5) is 93.8. The first-order valence-electron chi connectivity index (χ1n) is 10.6. The molecule has 202 valence electrons. The smallest absolute Gasteiger partial charge is 0.305 e. The number of carbonyl (C=O) groups excluding carboxylic acids is 6. The van der Waals surface area contributed by atoms with Gasteiger partial charge in [0, 0.05) is 13.3 Å². The third-order valence-corrected chi connectivity index (χ3v) is 5.16. The van der Waals surface area contributed by atoms with E-state index < -0.39 is 78.5 Å². The summed E-state index contributed by atoms with van der Waals surface area (Å²) in [6.07, 6.45) is -0.0820. The first-order valence-corrected chi connectivity index (χ1v) is 12.0. The van der Waals surface area contributed by atoms with Crippen LogP contribution in [0.3, 0.4) is 0 Å². The Labute approximate surface area is 210 Å². The Bertz CT molecular complexity index is 837. The predicted molar refractivity (Wildman–Crippen MR) is 125 cm³/mol. The van der Waals surface area contributed by atoms with E-state index in [1.165, 1.54) is 11.8 Å². The number of carbonyl (C=O) groups is 8. The molecule has 0 spiro atoms. The first-order chi connectivity index (χ1) is 16.8. The number of aliphatic carboxylic acids is 2. The van der Waals surface area contributed by atoms with Crippen LogP contribution >= 0.6 is 11.8 Å². The van der Waals surface area contributed by atoms with E-state index >= 15 is 0 Å². The van der Waals surface area contributed by atoms with Gasteiger partial charge in [0.1, 0.15) is 24.4 Å². The molecule has 0 aromatic heterocycles. The van der Waals surface area contributed by atoms with E-state index in [-0.39, 0.29) is 25.5 Å². The van der Waals surface area contributed by atoms with E-state index in [2.05, 4.69) is 21.3 Å². The molecule has 0 aliphatic heterocycles. The summed E-state index contributed by atoms with van der Waals surface area (Å²) < 4.78 is 0. The van der Waals surface area contributed by atoms with Crippen molar-refractivity contribution in [3.8, 4) is 0 Å². The minimum atomic E-state index is -1.52. The van der Waals surface area contributed by atoms with Crippen LogP contribution in [-0.2, 0) is 38.4 Å². The molecule has 0 bridgehead atoms. The quantitative estimate of drug-likeness (QED) is 0.0880. The molecule has 36 heavy (non-hydrogen) atoms. The largest absolute Gasteiger partial charge is 0.481 e. The van der Waals surface area contributed by atoms with Crippen molar-refractivity contribution in [1.29, 1.82) is 0 Å². The van der Waals surface area contributed by atoms with Crippen LogP contribution in [0.4, 0.5) is 0 Å². The minimum Gasteiger partial charge on any atom is -0.481 e. The number of carboxylic acid groups (broad SMARTS) is 2. The lowest BCUT2D eigenvalue weighted by molar-refractivity contribution is -0.141. The van der Waals surface area contributed by atoms with Crippen LogP contribution in [0, 0.1) is 0 Å². The van der Waals surface area contributed by atoms with Gasteiger partial charge in [-0.15, -0.1) is 0 Å². The average Bonchev–Trinajstić information content (AvgIpc) is 2.76. The summed E-state index contributed by atoms with van der Waals surface area (Å²) in [7, 11) is 0. The maximum absolute atomic E-state index is 12.9. The van der Waals surface area contributed by atoms with Gasteiger partial charge in [-0.2, -0.15) is 11.8 Å². The molecule has 0 saturated carbocycles. The lowest BCUT2D eigenvalue weighted by Gasteiger charge is -2.25. The Kier molecular flexibility index (Phi) is 15.1. The van der Waals surface area contributed by atoms with E-state index in [0.717, 1.165) is 6.92 Å². The summed E-state index contributed by atoms with van der Waals surface area (Å²) in [6.45, 7) is 1.06. The zero-order valence-electron chi connectivity index (χ0n) is 19.8. The molecule has 0 aliphatic rings. The average molecular weight is 534 g/mol. The molecule has 0 rings (SSSR count). The van der Waals surface area contributed by atoms with Gasteiger partial charge in [-0.05, 0) is 24.9 Å². The lowest BCUT2D eigenvalue weighted by atomic mass is 10.1. The SMILES string of the molecule is CSCCC(NC(=O)C(CCC(N)=O)NC(=O)C(CC(=O)O)NC(C)=O)C(=O)NC(C=O)CC(=O)O. The molecule has 15 nitrogen and oxygen atoms in total. The Morgan fingerprint density at radius 1 is 0.806 bits per heavy atom. The van der Waals surface area contributed by atoms with Gasteiger partial charge >= 0.3 is 11.9 Å². The van der Waals surface area contributed by atoms with E-state index in [1.54, 1.807) is 6.26 Å². The number of aldehydes is 1. The summed E-state index contributed by atoms with van der Waals surface area (Å²) >= 11 is 1.34. The van der Waals surface area contributed by atoms with Crippen molar-refractivity contribution >= 4 is 59.5 Å². The molecule has 8 N–H and O–H groups in total. The number of nitrogens with one attached hydrogen (secondary N) is 4. The van der Waals surface area contributed by atoms with Gasteiger partial charge in [0.2, 0.25) is 29.5 Å². The number of nitrogens with two attached hydrogens (primary N) is 1. The van der Waals surface area contributed by atoms with Crippen molar-refractivity contribution in [1.82, 2.24) is 21.3 Å². The second-order valence-corrected chi connectivity index (χ2v) is 8.59. The minimum absolute atomic E-state index is 0.0708. The lowest BCUT2D eigenvalue weighted by Crippen LogP contribution is -2.57. The van der Waals surface area contributed by atoms with E-state index in [0.29, 0.717) is 5.75 Å². The number of hydrogen-bond donors (Lipinski definition) is 7. The second kappa shape index (κ2) is 16.9. The van der Waals surface area contributed by atoms with Gasteiger partial charge in [0.05, 0.1) is 18.9 Å². The van der Waals surface area contributed by atoms with E-state index in [1.807, 2.05) is 0 Å². The van der Waals surface area contributed by atoms with Gasteiger partial charge < -0.3 is 42.0 Å². The van der Waals surface area contributed by atoms with Gasteiger partial charge in [-0.1, -0.05) is 0 Å². The number of primary amides is 1. The van der Waals surface area contributed by atoms with Gasteiger partial charge in [0.15, 0.2) is 0 Å². The summed E-state index contributed by atoms with van der Waals surface area (Å²) in [5.74, 6) is -6.65. The van der Waals surface area contributed by atoms with Crippen molar-refractivity contribution in [2.24, 2.45) is 5.73 Å². The Hall–Kier alpha value is -3.69. The van der Waals surface area contributed by atoms with Crippen LogP contribution in [0.5, 0.6) is 0 Å². The number of amides is 5. The maximum Gasteiger partial charge on any atom is 0.305 e. The predicted octanol–water partition coefficient (Wildman–Crippen LogP) is -2.89. The van der Waals surface area contributed by atoms with Crippen molar-refractivity contribution in [3.63, 3.8) is 0 Å². The van der Waals surface area contributed by atoms with Crippen LogP contribution < -0.4 is 27.0 Å². The number of hydrogen-bond acceptors (Lipinski definition) is 9. The van der Waals surface area contributed by atoms with Gasteiger partial charge in [0.25, 0.3) is 0 Å². The Morgan fingerprint density at radius 2 is 1.31 bits per heavy atom. The summed E-state index contributed by atoms with van der Waals surface area (Å²) in [6, 6.07) is -5.55. The van der Waals surface area contributed by atoms with E-state index in [9.17, 15) is 38.4 Å². The summed E-state index contributed by atoms with van der Waals surface area (Å²) in [5.41, 5.74) is 5.12. The Morgan fingerprint density at radius 3 is 1.75 bits per heavy atom. The van der Waals surface area contributed by atoms with E-state index in [4.69, 9.17) is 15.9 Å². The molecule has 0 aromatic carbocycles. The van der Waals surface area contributed by atoms with Crippen molar-refractivity contribution in [2.45, 2.75) is 63.2 Å². The van der Waals surface area contributed by atoms with Gasteiger partial charge in [-0.3, -0.25) is 33.6 Å². The van der Waals surface area contributed by atoms with Crippen LogP contribution in [0.25, 0.3) is 0 Å². The molecule has 4 unspecified atom stereocenters. The highest BCUT2D eigenvalue weighted by Gasteiger charge is 2.31. The van der Waals surface area contributed by atoms with Crippen LogP contribution in [0.1, 0.15) is 39.0 Å². The first kappa shape index (κ1) is 32.3. The molecule has 0 heterocycles. The third kappa shape index (κ3) is 13.9. The zero-order chi connectivity index (χ0) is 27.8. The molecule has 0 aliphatic carbocycles. The molecule has 0 aromatic rings.